The largest absolute Gasteiger partial charge is 0.508 e. The van der Waals surface area contributed by atoms with E-state index in [0.717, 1.165) is 0 Å². The monoisotopic (exact) mass is 137 g/mol. The van der Waals surface area contributed by atoms with E-state index in [2.05, 4.69) is 6.92 Å². The number of hydrogen-bond acceptors (Lipinski definition) is 2. The molecule has 2 heteroatoms. The molecule has 0 heterocycles. The van der Waals surface area contributed by atoms with Gasteiger partial charge in [-0.25, -0.2) is 0 Å². The smallest absolute Gasteiger partial charge is 0.121 e. The average Bonchev–Trinajstić information content (AvgIpc) is 1.88. The Bertz CT molecular complexity index is 210. The highest BCUT2D eigenvalue weighted by molar-refractivity contribution is 5.39. The first kappa shape index (κ1) is 7.09. The minimum Gasteiger partial charge on any atom is -0.508 e. The normalized spacial score (nSPS) is 9.80. The van der Waals surface area contributed by atoms with Crippen LogP contribution in [-0.2, 0) is 6.61 Å². The van der Waals surface area contributed by atoms with Gasteiger partial charge in [-0.1, -0.05) is 12.1 Å². The van der Waals surface area contributed by atoms with Gasteiger partial charge in [-0.2, -0.15) is 0 Å². The molecule has 1 aromatic carbocycles. The van der Waals surface area contributed by atoms with Crippen molar-refractivity contribution in [2.75, 3.05) is 0 Å². The molecule has 0 atom stereocenters. The van der Waals surface area contributed by atoms with E-state index in [1.54, 1.807) is 12.1 Å². The van der Waals surface area contributed by atoms with Crippen molar-refractivity contribution in [2.24, 2.45) is 0 Å². The lowest BCUT2D eigenvalue weighted by atomic mass is 10.1. The molecule has 2 nitrogen and oxygen atoms in total. The third-order valence-electron chi connectivity index (χ3n) is 1.41. The highest BCUT2D eigenvalue weighted by Gasteiger charge is 2.00. The summed E-state index contributed by atoms with van der Waals surface area (Å²) in [5, 5.41) is 17.8. The van der Waals surface area contributed by atoms with Crippen LogP contribution in [-0.4, -0.2) is 10.2 Å². The Morgan fingerprint density at radius 1 is 1.40 bits per heavy atom. The summed E-state index contributed by atoms with van der Waals surface area (Å²) in [4.78, 5) is 0. The summed E-state index contributed by atoms with van der Waals surface area (Å²) < 4.78 is 0. The Morgan fingerprint density at radius 3 is 2.50 bits per heavy atom. The first-order valence-electron chi connectivity index (χ1n) is 2.99. The van der Waals surface area contributed by atoms with Gasteiger partial charge in [0.2, 0.25) is 0 Å². The summed E-state index contributed by atoms with van der Waals surface area (Å²) in [6, 6.07) is 4.96. The van der Waals surface area contributed by atoms with Crippen LogP contribution in [0.25, 0.3) is 0 Å². The lowest BCUT2D eigenvalue weighted by molar-refractivity contribution is 0.275. The third-order valence-corrected chi connectivity index (χ3v) is 1.41. The first-order chi connectivity index (χ1) is 4.75. The molecule has 0 bridgehead atoms. The van der Waals surface area contributed by atoms with Gasteiger partial charge in [0.25, 0.3) is 0 Å². The van der Waals surface area contributed by atoms with Crippen molar-refractivity contribution in [3.05, 3.63) is 36.2 Å². The number of rotatable bonds is 1. The summed E-state index contributed by atoms with van der Waals surface area (Å²) >= 11 is 0. The Morgan fingerprint density at radius 2 is 2.10 bits per heavy atom. The van der Waals surface area contributed by atoms with Gasteiger partial charge in [-0.3, -0.25) is 0 Å². The van der Waals surface area contributed by atoms with Gasteiger partial charge in [0.05, 0.1) is 6.61 Å². The van der Waals surface area contributed by atoms with Crippen molar-refractivity contribution in [3.8, 4) is 5.75 Å². The molecule has 0 aromatic heterocycles. The van der Waals surface area contributed by atoms with E-state index < -0.39 is 0 Å². The number of aromatic hydroxyl groups is 1. The highest BCUT2D eigenvalue weighted by atomic mass is 16.3. The summed E-state index contributed by atoms with van der Waals surface area (Å²) in [5.74, 6) is 0.106. The Labute approximate surface area is 59.7 Å². The predicted molar refractivity (Wildman–Crippen MR) is 38.5 cm³/mol. The van der Waals surface area contributed by atoms with Gasteiger partial charge in [-0.15, -0.1) is 0 Å². The van der Waals surface area contributed by atoms with Crippen LogP contribution in [0, 0.1) is 6.92 Å². The van der Waals surface area contributed by atoms with E-state index in [-0.39, 0.29) is 12.4 Å². The molecule has 2 N–H and O–H groups in total. The second-order valence-electron chi connectivity index (χ2n) is 2.07. The average molecular weight is 137 g/mol. The SMILES string of the molecule is [CH2]c1cccc(O)c1CO. The molecule has 0 saturated carbocycles. The van der Waals surface area contributed by atoms with E-state index in [0.29, 0.717) is 11.1 Å². The summed E-state index contributed by atoms with van der Waals surface area (Å²) in [7, 11) is 0. The molecule has 1 rings (SSSR count). The van der Waals surface area contributed by atoms with Crippen molar-refractivity contribution in [1.29, 1.82) is 0 Å². The van der Waals surface area contributed by atoms with Crippen molar-refractivity contribution in [2.45, 2.75) is 6.61 Å². The van der Waals surface area contributed by atoms with Crippen LogP contribution >= 0.6 is 0 Å². The fraction of sp³-hybridized carbons (Fsp3) is 0.125. The van der Waals surface area contributed by atoms with Gasteiger partial charge in [0, 0.05) is 5.56 Å². The maximum atomic E-state index is 9.09. The topological polar surface area (TPSA) is 40.5 Å². The van der Waals surface area contributed by atoms with Gasteiger partial charge in [-0.05, 0) is 18.6 Å². The number of aliphatic hydroxyl groups excluding tert-OH is 1. The van der Waals surface area contributed by atoms with Gasteiger partial charge in [0.1, 0.15) is 5.75 Å². The molecule has 1 aromatic rings. The molecule has 10 heavy (non-hydrogen) atoms. The second-order valence-corrected chi connectivity index (χ2v) is 2.07. The molecule has 0 spiro atoms. The Hall–Kier alpha value is -1.02. The zero-order chi connectivity index (χ0) is 7.56. The van der Waals surface area contributed by atoms with Crippen LogP contribution < -0.4 is 0 Å². The molecule has 0 aliphatic carbocycles. The fourth-order valence-electron chi connectivity index (χ4n) is 0.804. The summed E-state index contributed by atoms with van der Waals surface area (Å²) in [6.45, 7) is 3.47. The van der Waals surface area contributed by atoms with E-state index in [9.17, 15) is 0 Å². The molecular formula is C8H9O2. The van der Waals surface area contributed by atoms with Gasteiger partial charge >= 0.3 is 0 Å². The Kier molecular flexibility index (Phi) is 1.92. The molecule has 1 radical (unpaired) electrons. The van der Waals surface area contributed by atoms with Crippen LogP contribution in [0.5, 0.6) is 5.75 Å². The molecule has 0 aliphatic rings. The minimum absolute atomic E-state index is 0.106. The van der Waals surface area contributed by atoms with E-state index in [1.807, 2.05) is 0 Å². The molecule has 0 amide bonds. The number of hydrogen-bond donors (Lipinski definition) is 2. The quantitative estimate of drug-likeness (QED) is 0.607. The predicted octanol–water partition coefficient (Wildman–Crippen LogP) is 1.07. The zero-order valence-electron chi connectivity index (χ0n) is 5.54. The van der Waals surface area contributed by atoms with Crippen molar-refractivity contribution >= 4 is 0 Å². The summed E-state index contributed by atoms with van der Waals surface area (Å²) in [6.07, 6.45) is 0. The van der Waals surface area contributed by atoms with Crippen LogP contribution in [0.15, 0.2) is 18.2 Å². The van der Waals surface area contributed by atoms with Crippen molar-refractivity contribution in [1.82, 2.24) is 0 Å². The van der Waals surface area contributed by atoms with Crippen LogP contribution in [0.4, 0.5) is 0 Å². The second kappa shape index (κ2) is 2.71. The number of benzene rings is 1. The number of phenols is 1. The van der Waals surface area contributed by atoms with Gasteiger partial charge in [0.15, 0.2) is 0 Å². The highest BCUT2D eigenvalue weighted by Crippen LogP contribution is 2.19. The van der Waals surface area contributed by atoms with E-state index in [4.69, 9.17) is 10.2 Å². The Balaban J connectivity index is 3.17. The minimum atomic E-state index is -0.161. The molecule has 53 valence electrons. The van der Waals surface area contributed by atoms with Crippen LogP contribution in [0.2, 0.25) is 0 Å². The fourth-order valence-corrected chi connectivity index (χ4v) is 0.804. The standard InChI is InChI=1S/C8H9O2/c1-6-3-2-4-8(10)7(6)5-9/h2-4,9-10H,1,5H2. The molecule has 0 saturated heterocycles. The maximum Gasteiger partial charge on any atom is 0.121 e. The van der Waals surface area contributed by atoms with E-state index in [1.165, 1.54) is 6.07 Å². The van der Waals surface area contributed by atoms with Crippen molar-refractivity contribution in [3.63, 3.8) is 0 Å². The van der Waals surface area contributed by atoms with Crippen molar-refractivity contribution < 1.29 is 10.2 Å². The lowest BCUT2D eigenvalue weighted by Gasteiger charge is -2.02. The molecule has 0 unspecified atom stereocenters. The van der Waals surface area contributed by atoms with Crippen LogP contribution in [0.3, 0.4) is 0 Å². The maximum absolute atomic E-state index is 9.09. The molecular weight excluding hydrogens is 128 g/mol. The number of aliphatic hydroxyl groups is 1. The summed E-state index contributed by atoms with van der Waals surface area (Å²) in [5.41, 5.74) is 1.17. The van der Waals surface area contributed by atoms with Crippen LogP contribution in [0.1, 0.15) is 11.1 Å². The first-order valence-corrected chi connectivity index (χ1v) is 2.99. The molecule has 0 aliphatic heterocycles. The zero-order valence-corrected chi connectivity index (χ0v) is 5.54. The molecule has 0 fully saturated rings. The third kappa shape index (κ3) is 1.11. The lowest BCUT2D eigenvalue weighted by Crippen LogP contribution is -1.87. The van der Waals surface area contributed by atoms with Gasteiger partial charge < -0.3 is 10.2 Å². The van der Waals surface area contributed by atoms with E-state index >= 15 is 0 Å².